The number of nitrogens with zero attached hydrogens (tertiary/aromatic N) is 1. The molecule has 0 fully saturated rings. The Hall–Kier alpha value is -1.88. The number of rotatable bonds is 5. The number of hydrogen-bond acceptors (Lipinski definition) is 3. The lowest BCUT2D eigenvalue weighted by Crippen LogP contribution is -2.41. The molecule has 1 aromatic carbocycles. The van der Waals surface area contributed by atoms with Gasteiger partial charge in [0.2, 0.25) is 0 Å². The van der Waals surface area contributed by atoms with Gasteiger partial charge in [-0.15, -0.1) is 0 Å². The second-order valence-corrected chi connectivity index (χ2v) is 5.26. The molecule has 0 heterocycles. The number of aliphatic hydroxyl groups is 1. The van der Waals surface area contributed by atoms with Gasteiger partial charge in [-0.1, -0.05) is 32.0 Å². The lowest BCUT2D eigenvalue weighted by atomic mass is 9.98. The fraction of sp³-hybridized carbons (Fsp3) is 0.500. The van der Waals surface area contributed by atoms with Crippen LogP contribution in [0.15, 0.2) is 18.2 Å². The number of aryl methyl sites for hydroxylation is 1. The number of amides is 2. The van der Waals surface area contributed by atoms with E-state index in [9.17, 15) is 9.59 Å². The molecule has 2 amide bonds. The predicted octanol–water partition coefficient (Wildman–Crippen LogP) is 1.90. The van der Waals surface area contributed by atoms with Gasteiger partial charge in [0.1, 0.15) is 0 Å². The van der Waals surface area contributed by atoms with Crippen molar-refractivity contribution in [2.24, 2.45) is 0 Å². The second-order valence-electron chi connectivity index (χ2n) is 5.26. The minimum absolute atomic E-state index is 0.158. The topological polar surface area (TPSA) is 69.6 Å². The Kier molecular flexibility index (Phi) is 6.37. The van der Waals surface area contributed by atoms with Crippen molar-refractivity contribution < 1.29 is 14.7 Å². The molecule has 5 heteroatoms. The molecule has 0 saturated carbocycles. The molecule has 116 valence electrons. The first kappa shape index (κ1) is 17.2. The Bertz CT molecular complexity index is 512. The lowest BCUT2D eigenvalue weighted by Gasteiger charge is -2.21. The van der Waals surface area contributed by atoms with Crippen molar-refractivity contribution in [2.75, 3.05) is 25.0 Å². The number of carbonyl (C=O) groups is 2. The SMILES string of the molecule is CCN(CCO)C(=O)C(=O)Nc1c(C)cccc1C(C)C. The highest BCUT2D eigenvalue weighted by molar-refractivity contribution is 6.39. The fourth-order valence-electron chi connectivity index (χ4n) is 2.18. The molecule has 0 bridgehead atoms. The molecule has 21 heavy (non-hydrogen) atoms. The fourth-order valence-corrected chi connectivity index (χ4v) is 2.18. The van der Waals surface area contributed by atoms with Crippen LogP contribution < -0.4 is 5.32 Å². The van der Waals surface area contributed by atoms with Crippen molar-refractivity contribution >= 4 is 17.5 Å². The number of hydrogen-bond donors (Lipinski definition) is 2. The largest absolute Gasteiger partial charge is 0.395 e. The summed E-state index contributed by atoms with van der Waals surface area (Å²) < 4.78 is 0. The van der Waals surface area contributed by atoms with Crippen LogP contribution in [-0.4, -0.2) is 41.5 Å². The number of nitrogens with one attached hydrogen (secondary N) is 1. The van der Waals surface area contributed by atoms with Gasteiger partial charge in [-0.3, -0.25) is 9.59 Å². The van der Waals surface area contributed by atoms with Gasteiger partial charge in [-0.25, -0.2) is 0 Å². The average molecular weight is 292 g/mol. The summed E-state index contributed by atoms with van der Waals surface area (Å²) in [6.45, 7) is 8.14. The van der Waals surface area contributed by atoms with Gasteiger partial charge in [0, 0.05) is 18.8 Å². The number of anilines is 1. The smallest absolute Gasteiger partial charge is 0.313 e. The highest BCUT2D eigenvalue weighted by Crippen LogP contribution is 2.27. The molecular weight excluding hydrogens is 268 g/mol. The van der Waals surface area contributed by atoms with Crippen LogP contribution in [0.5, 0.6) is 0 Å². The van der Waals surface area contributed by atoms with E-state index in [2.05, 4.69) is 5.32 Å². The van der Waals surface area contributed by atoms with Crippen LogP contribution in [0.25, 0.3) is 0 Å². The van der Waals surface area contributed by atoms with Gasteiger partial charge < -0.3 is 15.3 Å². The van der Waals surface area contributed by atoms with Gasteiger partial charge in [0.25, 0.3) is 0 Å². The number of benzene rings is 1. The van der Waals surface area contributed by atoms with Crippen molar-refractivity contribution in [1.82, 2.24) is 4.90 Å². The first-order valence-electron chi connectivity index (χ1n) is 7.23. The van der Waals surface area contributed by atoms with E-state index in [0.717, 1.165) is 11.1 Å². The molecule has 0 aliphatic carbocycles. The molecule has 0 spiro atoms. The molecule has 0 aliphatic rings. The number of carbonyl (C=O) groups excluding carboxylic acids is 2. The molecular formula is C16H24N2O3. The van der Waals surface area contributed by atoms with Gasteiger partial charge in [0.15, 0.2) is 0 Å². The lowest BCUT2D eigenvalue weighted by molar-refractivity contribution is -0.143. The molecule has 0 atom stereocenters. The average Bonchev–Trinajstić information content (AvgIpc) is 2.45. The highest BCUT2D eigenvalue weighted by atomic mass is 16.3. The van der Waals surface area contributed by atoms with Crippen molar-refractivity contribution in [3.8, 4) is 0 Å². The Morgan fingerprint density at radius 2 is 2.00 bits per heavy atom. The summed E-state index contributed by atoms with van der Waals surface area (Å²) in [5.41, 5.74) is 2.62. The molecule has 1 rings (SSSR count). The van der Waals surface area contributed by atoms with Crippen LogP contribution in [-0.2, 0) is 9.59 Å². The first-order valence-corrected chi connectivity index (χ1v) is 7.23. The summed E-state index contributed by atoms with van der Waals surface area (Å²) in [4.78, 5) is 25.5. The normalized spacial score (nSPS) is 10.6. The van der Waals surface area contributed by atoms with E-state index in [4.69, 9.17) is 5.11 Å². The summed E-state index contributed by atoms with van der Waals surface area (Å²) in [5.74, 6) is -1.04. The van der Waals surface area contributed by atoms with Gasteiger partial charge in [-0.2, -0.15) is 0 Å². The zero-order valence-electron chi connectivity index (χ0n) is 13.1. The van der Waals surface area contributed by atoms with Gasteiger partial charge >= 0.3 is 11.8 Å². The second kappa shape index (κ2) is 7.78. The third kappa shape index (κ3) is 4.29. The Balaban J connectivity index is 2.95. The van der Waals surface area contributed by atoms with Crippen LogP contribution in [0, 0.1) is 6.92 Å². The van der Waals surface area contributed by atoms with Gasteiger partial charge in [0.05, 0.1) is 6.61 Å². The Labute approximate surface area is 126 Å². The molecule has 2 N–H and O–H groups in total. The van der Waals surface area contributed by atoms with Crippen molar-refractivity contribution in [3.05, 3.63) is 29.3 Å². The van der Waals surface area contributed by atoms with Gasteiger partial charge in [-0.05, 0) is 30.9 Å². The van der Waals surface area contributed by atoms with Crippen LogP contribution in [0.4, 0.5) is 5.69 Å². The zero-order valence-corrected chi connectivity index (χ0v) is 13.1. The summed E-state index contributed by atoms with van der Waals surface area (Å²) in [7, 11) is 0. The quantitative estimate of drug-likeness (QED) is 0.814. The summed E-state index contributed by atoms with van der Waals surface area (Å²) in [5, 5.41) is 11.6. The molecule has 0 radical (unpaired) electrons. The minimum Gasteiger partial charge on any atom is -0.395 e. The molecule has 0 unspecified atom stereocenters. The number of likely N-dealkylation sites (N-methyl/N-ethyl adjacent to an activating group) is 1. The van der Waals surface area contributed by atoms with Crippen LogP contribution >= 0.6 is 0 Å². The Morgan fingerprint density at radius 1 is 1.33 bits per heavy atom. The van der Waals surface area contributed by atoms with Crippen LogP contribution in [0.3, 0.4) is 0 Å². The third-order valence-electron chi connectivity index (χ3n) is 3.40. The molecule has 1 aromatic rings. The van der Waals surface area contributed by atoms with E-state index in [1.807, 2.05) is 39.0 Å². The Morgan fingerprint density at radius 3 is 2.52 bits per heavy atom. The molecule has 0 aromatic heterocycles. The maximum Gasteiger partial charge on any atom is 0.313 e. The maximum atomic E-state index is 12.1. The van der Waals surface area contributed by atoms with Crippen molar-refractivity contribution in [2.45, 2.75) is 33.6 Å². The van der Waals surface area contributed by atoms with E-state index in [0.29, 0.717) is 12.2 Å². The monoisotopic (exact) mass is 292 g/mol. The molecule has 0 aliphatic heterocycles. The summed E-state index contributed by atoms with van der Waals surface area (Å²) in [6.07, 6.45) is 0. The third-order valence-corrected chi connectivity index (χ3v) is 3.40. The highest BCUT2D eigenvalue weighted by Gasteiger charge is 2.22. The number of para-hydroxylation sites is 1. The van der Waals surface area contributed by atoms with Crippen LogP contribution in [0.2, 0.25) is 0 Å². The molecule has 5 nitrogen and oxygen atoms in total. The summed E-state index contributed by atoms with van der Waals surface area (Å²) >= 11 is 0. The van der Waals surface area contributed by atoms with E-state index in [1.165, 1.54) is 4.90 Å². The first-order chi connectivity index (χ1) is 9.92. The maximum absolute atomic E-state index is 12.1. The van der Waals surface area contributed by atoms with E-state index < -0.39 is 11.8 Å². The predicted molar refractivity (Wildman–Crippen MR) is 83.2 cm³/mol. The number of aliphatic hydroxyl groups excluding tert-OH is 1. The standard InChI is InChI=1S/C16H24N2O3/c1-5-18(9-10-19)16(21)15(20)17-14-12(4)7-6-8-13(14)11(2)3/h6-8,11,19H,5,9-10H2,1-4H3,(H,17,20). The summed E-state index contributed by atoms with van der Waals surface area (Å²) in [6, 6.07) is 5.78. The van der Waals surface area contributed by atoms with E-state index >= 15 is 0 Å². The van der Waals surface area contributed by atoms with Crippen molar-refractivity contribution in [1.29, 1.82) is 0 Å². The van der Waals surface area contributed by atoms with E-state index in [-0.39, 0.29) is 19.1 Å². The molecule has 0 saturated heterocycles. The van der Waals surface area contributed by atoms with Crippen LogP contribution in [0.1, 0.15) is 37.8 Å². The van der Waals surface area contributed by atoms with Crippen molar-refractivity contribution in [3.63, 3.8) is 0 Å². The minimum atomic E-state index is -0.665. The van der Waals surface area contributed by atoms with E-state index in [1.54, 1.807) is 6.92 Å². The zero-order chi connectivity index (χ0) is 16.0.